The Hall–Kier alpha value is -3.30. The first kappa shape index (κ1) is 16.2. The molecule has 0 saturated heterocycles. The topological polar surface area (TPSA) is 96.2 Å². The number of hydrogen-bond acceptors (Lipinski definition) is 6. The van der Waals surface area contributed by atoms with Crippen molar-refractivity contribution in [3.05, 3.63) is 30.5 Å². The molecule has 134 valence electrons. The number of benzene rings is 1. The van der Waals surface area contributed by atoms with Crippen LogP contribution in [-0.2, 0) is 6.54 Å². The van der Waals surface area contributed by atoms with Gasteiger partial charge in [0, 0.05) is 18.7 Å². The van der Waals surface area contributed by atoms with Crippen LogP contribution >= 0.6 is 0 Å². The van der Waals surface area contributed by atoms with E-state index in [0.29, 0.717) is 22.4 Å². The largest absolute Gasteiger partial charge is 0.479 e. The van der Waals surface area contributed by atoms with E-state index in [1.54, 1.807) is 22.8 Å². The number of rotatable bonds is 4. The summed E-state index contributed by atoms with van der Waals surface area (Å²) in [6.45, 7) is 0.296. The Morgan fingerprint density at radius 1 is 1.27 bits per heavy atom. The van der Waals surface area contributed by atoms with Gasteiger partial charge in [0.2, 0.25) is 11.8 Å². The number of halogens is 2. The molecule has 0 spiro atoms. The van der Waals surface area contributed by atoms with Gasteiger partial charge < -0.3 is 10.5 Å². The van der Waals surface area contributed by atoms with E-state index in [2.05, 4.69) is 20.4 Å². The van der Waals surface area contributed by atoms with Gasteiger partial charge in [0.25, 0.3) is 5.92 Å². The minimum Gasteiger partial charge on any atom is -0.479 e. The SMILES string of the molecule is COc1nc(N)nn2ccc(-c3ccc4nnn(CC(C)(F)F)c4c3)c12. The summed E-state index contributed by atoms with van der Waals surface area (Å²) >= 11 is 0. The standard InChI is InChI=1S/C16H15F2N7O/c1-16(17,18)8-25-12-7-9(3-4-11(12)21-23-25)10-5-6-24-13(10)14(26-2)20-15(19)22-24/h3-7H,8H2,1-2H3,(H2,19,22). The van der Waals surface area contributed by atoms with Crippen molar-refractivity contribution in [2.24, 2.45) is 0 Å². The summed E-state index contributed by atoms with van der Waals surface area (Å²) in [6.07, 6.45) is 1.73. The molecule has 4 aromatic rings. The molecule has 10 heteroatoms. The molecule has 0 fully saturated rings. The van der Waals surface area contributed by atoms with Crippen LogP contribution in [0.1, 0.15) is 6.92 Å². The summed E-state index contributed by atoms with van der Waals surface area (Å²) in [5, 5.41) is 11.9. The van der Waals surface area contributed by atoms with E-state index >= 15 is 0 Å². The number of nitrogen functional groups attached to an aromatic ring is 1. The minimum atomic E-state index is -2.89. The van der Waals surface area contributed by atoms with E-state index in [1.807, 2.05) is 12.1 Å². The number of nitrogens with zero attached hydrogens (tertiary/aromatic N) is 6. The average Bonchev–Trinajstić information content (AvgIpc) is 3.16. The van der Waals surface area contributed by atoms with Gasteiger partial charge in [-0.25, -0.2) is 18.0 Å². The molecule has 0 radical (unpaired) electrons. The molecule has 0 saturated carbocycles. The van der Waals surface area contributed by atoms with Crippen molar-refractivity contribution >= 4 is 22.5 Å². The van der Waals surface area contributed by atoms with Gasteiger partial charge in [0.15, 0.2) is 0 Å². The third kappa shape index (κ3) is 2.68. The maximum absolute atomic E-state index is 13.4. The smallest absolute Gasteiger partial charge is 0.264 e. The van der Waals surface area contributed by atoms with Crippen molar-refractivity contribution in [1.82, 2.24) is 29.6 Å². The zero-order valence-corrected chi connectivity index (χ0v) is 14.0. The van der Waals surface area contributed by atoms with Crippen LogP contribution in [0.25, 0.3) is 27.7 Å². The molecule has 0 aliphatic rings. The van der Waals surface area contributed by atoms with Crippen molar-refractivity contribution in [1.29, 1.82) is 0 Å². The van der Waals surface area contributed by atoms with E-state index < -0.39 is 12.5 Å². The van der Waals surface area contributed by atoms with Gasteiger partial charge in [-0.2, -0.15) is 4.98 Å². The Balaban J connectivity index is 1.90. The van der Waals surface area contributed by atoms with Crippen LogP contribution < -0.4 is 10.5 Å². The number of methoxy groups -OCH3 is 1. The molecule has 0 atom stereocenters. The highest BCUT2D eigenvalue weighted by Crippen LogP contribution is 2.32. The van der Waals surface area contributed by atoms with E-state index in [9.17, 15) is 8.78 Å². The molecule has 0 amide bonds. The van der Waals surface area contributed by atoms with E-state index in [-0.39, 0.29) is 5.95 Å². The number of fused-ring (bicyclic) bond motifs is 2. The van der Waals surface area contributed by atoms with Crippen LogP contribution in [0.15, 0.2) is 30.5 Å². The highest BCUT2D eigenvalue weighted by molar-refractivity contribution is 5.89. The average molecular weight is 359 g/mol. The molecular weight excluding hydrogens is 344 g/mol. The predicted molar refractivity (Wildman–Crippen MR) is 91.1 cm³/mol. The zero-order chi connectivity index (χ0) is 18.5. The van der Waals surface area contributed by atoms with E-state index in [4.69, 9.17) is 10.5 Å². The summed E-state index contributed by atoms with van der Waals surface area (Å²) in [6, 6.07) is 7.15. The highest BCUT2D eigenvalue weighted by Gasteiger charge is 2.24. The molecule has 0 aliphatic carbocycles. The molecule has 1 aromatic carbocycles. The van der Waals surface area contributed by atoms with Gasteiger partial charge >= 0.3 is 0 Å². The number of anilines is 1. The van der Waals surface area contributed by atoms with Gasteiger partial charge in [-0.05, 0) is 23.8 Å². The van der Waals surface area contributed by atoms with Gasteiger partial charge in [-0.15, -0.1) is 10.2 Å². The highest BCUT2D eigenvalue weighted by atomic mass is 19.3. The third-order valence-corrected chi connectivity index (χ3v) is 3.94. The van der Waals surface area contributed by atoms with Crippen LogP contribution in [0.2, 0.25) is 0 Å². The maximum atomic E-state index is 13.4. The fraction of sp³-hybridized carbons (Fsp3) is 0.250. The predicted octanol–water partition coefficient (Wildman–Crippen LogP) is 2.39. The van der Waals surface area contributed by atoms with Gasteiger partial charge in [-0.3, -0.25) is 0 Å². The van der Waals surface area contributed by atoms with Crippen molar-refractivity contribution in [2.75, 3.05) is 12.8 Å². The fourth-order valence-electron chi connectivity index (χ4n) is 2.90. The second kappa shape index (κ2) is 5.61. The fourth-order valence-corrected chi connectivity index (χ4v) is 2.90. The quantitative estimate of drug-likeness (QED) is 0.601. The summed E-state index contributed by atoms with van der Waals surface area (Å²) in [5.41, 5.74) is 8.90. The number of nitrogens with two attached hydrogens (primary N) is 1. The van der Waals surface area contributed by atoms with Crippen molar-refractivity contribution in [3.63, 3.8) is 0 Å². The van der Waals surface area contributed by atoms with Crippen molar-refractivity contribution in [2.45, 2.75) is 19.4 Å². The molecule has 2 N–H and O–H groups in total. The van der Waals surface area contributed by atoms with Gasteiger partial charge in [-0.1, -0.05) is 11.3 Å². The number of ether oxygens (including phenoxy) is 1. The van der Waals surface area contributed by atoms with E-state index in [1.165, 1.54) is 11.8 Å². The zero-order valence-electron chi connectivity index (χ0n) is 14.0. The lowest BCUT2D eigenvalue weighted by Gasteiger charge is -2.10. The Labute approximate surface area is 146 Å². The van der Waals surface area contributed by atoms with E-state index in [0.717, 1.165) is 18.1 Å². The summed E-state index contributed by atoms with van der Waals surface area (Å²) < 4.78 is 34.9. The molecule has 0 unspecified atom stereocenters. The van der Waals surface area contributed by atoms with Gasteiger partial charge in [0.05, 0.1) is 12.6 Å². The second-order valence-corrected chi connectivity index (χ2v) is 6.02. The first-order valence-electron chi connectivity index (χ1n) is 7.76. The van der Waals surface area contributed by atoms with Crippen molar-refractivity contribution in [3.8, 4) is 17.0 Å². The van der Waals surface area contributed by atoms with Crippen LogP contribution in [0.3, 0.4) is 0 Å². The molecule has 8 nitrogen and oxygen atoms in total. The Kier molecular flexibility index (Phi) is 3.49. The van der Waals surface area contributed by atoms with Crippen LogP contribution in [0.5, 0.6) is 5.88 Å². The summed E-state index contributed by atoms with van der Waals surface area (Å²) in [4.78, 5) is 4.09. The second-order valence-electron chi connectivity index (χ2n) is 6.02. The molecule has 4 rings (SSSR count). The third-order valence-electron chi connectivity index (χ3n) is 3.94. The summed E-state index contributed by atoms with van der Waals surface area (Å²) in [5.74, 6) is -2.49. The molecular formula is C16H15F2N7O. The van der Waals surface area contributed by atoms with Crippen LogP contribution in [0.4, 0.5) is 14.7 Å². The Morgan fingerprint density at radius 2 is 2.08 bits per heavy atom. The van der Waals surface area contributed by atoms with Crippen molar-refractivity contribution < 1.29 is 13.5 Å². The molecule has 3 heterocycles. The Bertz CT molecular complexity index is 1110. The lowest BCUT2D eigenvalue weighted by atomic mass is 10.1. The van der Waals surface area contributed by atoms with Crippen LogP contribution in [-0.4, -0.2) is 42.6 Å². The summed E-state index contributed by atoms with van der Waals surface area (Å²) in [7, 11) is 1.49. The number of alkyl halides is 2. The first-order valence-corrected chi connectivity index (χ1v) is 7.76. The first-order chi connectivity index (χ1) is 12.4. The molecule has 26 heavy (non-hydrogen) atoms. The maximum Gasteiger partial charge on any atom is 0.264 e. The normalized spacial score (nSPS) is 12.2. The Morgan fingerprint density at radius 3 is 2.81 bits per heavy atom. The minimum absolute atomic E-state index is 0.0828. The van der Waals surface area contributed by atoms with Crippen LogP contribution in [0, 0.1) is 0 Å². The number of hydrogen-bond donors (Lipinski definition) is 1. The van der Waals surface area contributed by atoms with Gasteiger partial charge in [0.1, 0.15) is 17.6 Å². The molecule has 0 aliphatic heterocycles. The number of aromatic nitrogens is 6. The lowest BCUT2D eigenvalue weighted by Crippen LogP contribution is -2.20. The molecule has 0 bridgehead atoms. The molecule has 3 aromatic heterocycles. The monoisotopic (exact) mass is 359 g/mol. The lowest BCUT2D eigenvalue weighted by molar-refractivity contribution is 0.00130.